The van der Waals surface area contributed by atoms with Crippen LogP contribution in [-0.2, 0) is 29.0 Å². The molecule has 2 heterocycles. The highest BCUT2D eigenvalue weighted by atomic mass is 32.2. The maximum atomic E-state index is 15.1. The van der Waals surface area contributed by atoms with E-state index >= 15 is 4.79 Å². The molecule has 0 bridgehead atoms. The normalized spacial score (nSPS) is 15.9. The molecule has 3 aromatic carbocycles. The van der Waals surface area contributed by atoms with Gasteiger partial charge in [0.25, 0.3) is 0 Å². The molecule has 0 radical (unpaired) electrons. The average molecular weight is 846 g/mol. The molecule has 19 heteroatoms. The quantitative estimate of drug-likeness (QED) is 0.0957. The number of aliphatic carboxylic acids is 2. The molecular formula is C40H46F3N5O10S. The molecule has 3 atom stereocenters. The third-order valence-electron chi connectivity index (χ3n) is 9.13. The predicted octanol–water partition coefficient (Wildman–Crippen LogP) is 6.60. The number of carbonyl (C=O) groups is 4. The fourth-order valence-electron chi connectivity index (χ4n) is 6.49. The van der Waals surface area contributed by atoms with Crippen molar-refractivity contribution in [2.24, 2.45) is 5.92 Å². The van der Waals surface area contributed by atoms with Crippen LogP contribution >= 0.6 is 0 Å². The van der Waals surface area contributed by atoms with E-state index in [9.17, 15) is 36.3 Å². The van der Waals surface area contributed by atoms with Crippen LogP contribution in [0, 0.1) is 5.92 Å². The standard InChI is InChI=1S/C38H45N5O8S.C2HF3O2/c1-7-50-32-19-25(8-12-31(32)51-21(2)3)34(42-26-9-11-28-24(18-26)14-16-40-36(28)39)37(45)43-17-15-29(38(46)47)35(43)30-20-27(41-23(6)44)10-13-33(30)52(48,49)22(4)5;3-2(4,5)1(6)7/h8-14,16,18-22,29,34-35,42H,7,15,17H2,1-6H3,(H2,39,40)(H,41,44)(H,46,47);(H,6,7). The number of carboxylic acid groups (broad SMARTS) is 2. The first-order valence-electron chi connectivity index (χ1n) is 18.4. The molecule has 1 aliphatic rings. The van der Waals surface area contributed by atoms with E-state index in [0.717, 1.165) is 10.8 Å². The number of hydrogen-bond donors (Lipinski definition) is 5. The van der Waals surface area contributed by atoms with Gasteiger partial charge in [0.05, 0.1) is 34.8 Å². The average Bonchev–Trinajstić information content (AvgIpc) is 3.60. The first-order valence-corrected chi connectivity index (χ1v) is 19.9. The van der Waals surface area contributed by atoms with Crippen molar-refractivity contribution >= 4 is 61.6 Å². The topological polar surface area (TPSA) is 228 Å². The number of alkyl halides is 3. The Bertz CT molecular complexity index is 2320. The number of benzene rings is 3. The minimum absolute atomic E-state index is 0.0248. The summed E-state index contributed by atoms with van der Waals surface area (Å²) in [6, 6.07) is 14.4. The first-order chi connectivity index (χ1) is 27.6. The van der Waals surface area contributed by atoms with E-state index in [4.69, 9.17) is 25.1 Å². The summed E-state index contributed by atoms with van der Waals surface area (Å²) in [5.74, 6) is -4.72. The number of ether oxygens (including phenoxy) is 2. The zero-order valence-corrected chi connectivity index (χ0v) is 33.8. The molecule has 4 aromatic rings. The largest absolute Gasteiger partial charge is 0.490 e. The number of nitrogens with two attached hydrogens (primary N) is 1. The summed E-state index contributed by atoms with van der Waals surface area (Å²) in [5, 5.41) is 24.3. The summed E-state index contributed by atoms with van der Waals surface area (Å²) >= 11 is 0. The highest BCUT2D eigenvalue weighted by Crippen LogP contribution is 2.44. The van der Waals surface area contributed by atoms with E-state index in [1.54, 1.807) is 42.6 Å². The van der Waals surface area contributed by atoms with Gasteiger partial charge in [-0.3, -0.25) is 14.4 Å². The molecule has 15 nitrogen and oxygen atoms in total. The molecule has 0 saturated carbocycles. The van der Waals surface area contributed by atoms with Crippen LogP contribution in [0.1, 0.15) is 71.2 Å². The second-order valence-electron chi connectivity index (χ2n) is 14.1. The number of carbonyl (C=O) groups excluding carboxylic acids is 2. The van der Waals surface area contributed by atoms with Crippen LogP contribution in [0.5, 0.6) is 11.5 Å². The maximum absolute atomic E-state index is 15.1. The van der Waals surface area contributed by atoms with Gasteiger partial charge in [0.1, 0.15) is 11.9 Å². The van der Waals surface area contributed by atoms with Gasteiger partial charge in [-0.2, -0.15) is 13.2 Å². The van der Waals surface area contributed by atoms with Crippen molar-refractivity contribution in [2.75, 3.05) is 29.5 Å². The van der Waals surface area contributed by atoms with E-state index < -0.39 is 63.0 Å². The lowest BCUT2D eigenvalue weighted by atomic mass is 9.92. The molecule has 2 amide bonds. The van der Waals surface area contributed by atoms with Gasteiger partial charge in [0, 0.05) is 36.4 Å². The third-order valence-corrected chi connectivity index (χ3v) is 11.4. The number of sulfone groups is 1. The molecule has 5 rings (SSSR count). The second-order valence-corrected chi connectivity index (χ2v) is 16.5. The Balaban J connectivity index is 0.00000101. The van der Waals surface area contributed by atoms with Gasteiger partial charge < -0.3 is 41.0 Å². The summed E-state index contributed by atoms with van der Waals surface area (Å²) in [6.07, 6.45) is -3.58. The van der Waals surface area contributed by atoms with Gasteiger partial charge in [-0.05, 0) is 112 Å². The van der Waals surface area contributed by atoms with E-state index in [1.807, 2.05) is 26.8 Å². The number of fused-ring (bicyclic) bond motifs is 1. The summed E-state index contributed by atoms with van der Waals surface area (Å²) in [6.45, 7) is 10.3. The number of aromatic nitrogens is 1. The Morgan fingerprint density at radius 1 is 0.966 bits per heavy atom. The van der Waals surface area contributed by atoms with Crippen LogP contribution < -0.4 is 25.8 Å². The molecule has 318 valence electrons. The van der Waals surface area contributed by atoms with Gasteiger partial charge in [-0.25, -0.2) is 18.2 Å². The number of rotatable bonds is 13. The summed E-state index contributed by atoms with van der Waals surface area (Å²) in [7, 11) is -3.97. The Hall–Kier alpha value is -6.11. The van der Waals surface area contributed by atoms with Crippen molar-refractivity contribution in [1.82, 2.24) is 9.88 Å². The van der Waals surface area contributed by atoms with Crippen molar-refractivity contribution in [2.45, 2.75) is 82.5 Å². The van der Waals surface area contributed by atoms with Crippen LogP contribution in [0.15, 0.2) is 71.8 Å². The van der Waals surface area contributed by atoms with Crippen LogP contribution in [0.25, 0.3) is 10.8 Å². The van der Waals surface area contributed by atoms with E-state index in [-0.39, 0.29) is 35.2 Å². The summed E-state index contributed by atoms with van der Waals surface area (Å²) < 4.78 is 71.1. The Kier molecular flexibility index (Phi) is 14.4. The van der Waals surface area contributed by atoms with Crippen LogP contribution in [0.4, 0.5) is 30.4 Å². The molecular weight excluding hydrogens is 800 g/mol. The number of halogens is 3. The lowest BCUT2D eigenvalue weighted by Gasteiger charge is -2.33. The molecule has 3 unspecified atom stereocenters. The van der Waals surface area contributed by atoms with Crippen molar-refractivity contribution in [3.63, 3.8) is 0 Å². The predicted molar refractivity (Wildman–Crippen MR) is 213 cm³/mol. The molecule has 59 heavy (non-hydrogen) atoms. The summed E-state index contributed by atoms with van der Waals surface area (Å²) in [4.78, 5) is 54.3. The SMILES string of the molecule is CCOc1cc(C(Nc2ccc3c(N)nccc3c2)C(=O)N2CCC(C(=O)O)C2c2cc(NC(C)=O)ccc2S(=O)(=O)C(C)C)ccc1OC(C)C.O=C(O)C(F)(F)F. The number of likely N-dealkylation sites (tertiary alicyclic amines) is 1. The lowest BCUT2D eigenvalue weighted by Crippen LogP contribution is -2.40. The minimum Gasteiger partial charge on any atom is -0.490 e. The number of nitrogens with zero attached hydrogens (tertiary/aromatic N) is 2. The van der Waals surface area contributed by atoms with Gasteiger partial charge in [-0.1, -0.05) is 6.07 Å². The number of nitrogen functional groups attached to an aromatic ring is 1. The molecule has 1 saturated heterocycles. The van der Waals surface area contributed by atoms with Crippen LogP contribution in [0.3, 0.4) is 0 Å². The van der Waals surface area contributed by atoms with Crippen molar-refractivity contribution < 1.29 is 60.5 Å². The summed E-state index contributed by atoms with van der Waals surface area (Å²) in [5.41, 5.74) is 7.55. The molecule has 1 aliphatic heterocycles. The highest BCUT2D eigenvalue weighted by Gasteiger charge is 2.46. The number of amides is 2. The number of nitrogens with one attached hydrogen (secondary N) is 2. The van der Waals surface area contributed by atoms with E-state index in [0.29, 0.717) is 35.2 Å². The first kappa shape index (κ1) is 45.6. The monoisotopic (exact) mass is 845 g/mol. The number of hydrogen-bond acceptors (Lipinski definition) is 11. The van der Waals surface area contributed by atoms with Gasteiger partial charge >= 0.3 is 18.1 Å². The van der Waals surface area contributed by atoms with Crippen LogP contribution in [-0.4, -0.2) is 82.9 Å². The van der Waals surface area contributed by atoms with Crippen LogP contribution in [0.2, 0.25) is 0 Å². The zero-order chi connectivity index (χ0) is 44.0. The smallest absolute Gasteiger partial charge is 0.490 e. The zero-order valence-electron chi connectivity index (χ0n) is 33.0. The minimum atomic E-state index is -5.08. The maximum Gasteiger partial charge on any atom is 0.490 e. The molecule has 1 aromatic heterocycles. The third kappa shape index (κ3) is 10.9. The Labute approximate surface area is 338 Å². The Morgan fingerprint density at radius 3 is 2.20 bits per heavy atom. The molecule has 6 N–H and O–H groups in total. The number of carboxylic acids is 2. The van der Waals surface area contributed by atoms with E-state index in [1.165, 1.54) is 43.9 Å². The van der Waals surface area contributed by atoms with Crippen molar-refractivity contribution in [1.29, 1.82) is 0 Å². The fourth-order valence-corrected chi connectivity index (χ4v) is 7.77. The van der Waals surface area contributed by atoms with Crippen molar-refractivity contribution in [3.8, 4) is 11.5 Å². The van der Waals surface area contributed by atoms with Crippen molar-refractivity contribution in [3.05, 3.63) is 78.0 Å². The second kappa shape index (κ2) is 18.6. The number of anilines is 3. The van der Waals surface area contributed by atoms with Gasteiger partial charge in [0.15, 0.2) is 21.3 Å². The van der Waals surface area contributed by atoms with E-state index in [2.05, 4.69) is 15.6 Å². The fraction of sp³-hybridized carbons (Fsp3) is 0.375. The van der Waals surface area contributed by atoms with Gasteiger partial charge in [0.2, 0.25) is 11.8 Å². The molecule has 0 aliphatic carbocycles. The molecule has 0 spiro atoms. The molecule has 1 fully saturated rings. The highest BCUT2D eigenvalue weighted by molar-refractivity contribution is 7.92. The van der Waals surface area contributed by atoms with Gasteiger partial charge in [-0.15, -0.1) is 0 Å². The Morgan fingerprint density at radius 2 is 1.63 bits per heavy atom. The lowest BCUT2D eigenvalue weighted by molar-refractivity contribution is -0.192. The number of pyridine rings is 1.